The summed E-state index contributed by atoms with van der Waals surface area (Å²) in [6, 6.07) is 15.8. The third-order valence-corrected chi connectivity index (χ3v) is 8.14. The van der Waals surface area contributed by atoms with Gasteiger partial charge in [0.2, 0.25) is 5.91 Å². The van der Waals surface area contributed by atoms with E-state index in [2.05, 4.69) is 34.9 Å². The molecule has 184 valence electrons. The Morgan fingerprint density at radius 1 is 1.03 bits per heavy atom. The molecule has 35 heavy (non-hydrogen) atoms. The number of alkyl carbamates (subject to hydrolysis) is 1. The Morgan fingerprint density at radius 2 is 1.63 bits per heavy atom. The first-order valence-corrected chi connectivity index (χ1v) is 12.5. The molecule has 1 atom stereocenters. The number of carboxylic acid groups (broad SMARTS) is 1. The van der Waals surface area contributed by atoms with Crippen molar-refractivity contribution in [3.63, 3.8) is 0 Å². The highest BCUT2D eigenvalue weighted by molar-refractivity contribution is 5.92. The zero-order valence-corrected chi connectivity index (χ0v) is 20.0. The molecule has 0 bridgehead atoms. The minimum Gasteiger partial charge on any atom is -0.481 e. The lowest BCUT2D eigenvalue weighted by Crippen LogP contribution is -2.71. The molecule has 3 aliphatic carbocycles. The molecule has 1 spiro atoms. The number of fused-ring (bicyclic) bond motifs is 3. The third kappa shape index (κ3) is 4.28. The van der Waals surface area contributed by atoms with Gasteiger partial charge in [0.05, 0.1) is 6.42 Å². The van der Waals surface area contributed by atoms with Crippen LogP contribution >= 0.6 is 0 Å². The van der Waals surface area contributed by atoms with E-state index in [1.165, 1.54) is 0 Å². The van der Waals surface area contributed by atoms with E-state index >= 15 is 0 Å². The van der Waals surface area contributed by atoms with E-state index in [1.54, 1.807) is 0 Å². The number of aliphatic carboxylic acids is 1. The van der Waals surface area contributed by atoms with Crippen LogP contribution in [0.1, 0.15) is 68.9 Å². The predicted molar refractivity (Wildman–Crippen MR) is 131 cm³/mol. The SMILES string of the molecule is CC[C@H](CC(=O)O)NC(=O)C1(NC(=O)OCC2c3ccccc3-c3ccccc32)CC2(CCC2)C1. The first kappa shape index (κ1) is 23.4. The quantitative estimate of drug-likeness (QED) is 0.517. The zero-order chi connectivity index (χ0) is 24.6. The van der Waals surface area contributed by atoms with E-state index in [-0.39, 0.29) is 30.3 Å². The van der Waals surface area contributed by atoms with Crippen molar-refractivity contribution in [3.05, 3.63) is 59.7 Å². The number of hydrogen-bond acceptors (Lipinski definition) is 4. The van der Waals surface area contributed by atoms with E-state index in [0.717, 1.165) is 41.5 Å². The Kier molecular flexibility index (Phi) is 6.03. The fraction of sp³-hybridized carbons (Fsp3) is 0.464. The Labute approximate surface area is 205 Å². The van der Waals surface area contributed by atoms with Gasteiger partial charge in [0.15, 0.2) is 0 Å². The number of hydrogen-bond donors (Lipinski definition) is 3. The Balaban J connectivity index is 1.27. The molecule has 0 aliphatic heterocycles. The number of carbonyl (C=O) groups excluding carboxylic acids is 2. The summed E-state index contributed by atoms with van der Waals surface area (Å²) < 4.78 is 5.71. The molecule has 7 nitrogen and oxygen atoms in total. The minimum absolute atomic E-state index is 0.0580. The third-order valence-electron chi connectivity index (χ3n) is 8.14. The van der Waals surface area contributed by atoms with Gasteiger partial charge < -0.3 is 20.5 Å². The molecule has 7 heteroatoms. The molecule has 0 radical (unpaired) electrons. The number of carbonyl (C=O) groups is 3. The van der Waals surface area contributed by atoms with Gasteiger partial charge >= 0.3 is 12.1 Å². The molecule has 3 aliphatic rings. The molecule has 2 amide bonds. The molecule has 0 unspecified atom stereocenters. The lowest BCUT2D eigenvalue weighted by molar-refractivity contribution is -0.145. The number of benzene rings is 2. The largest absolute Gasteiger partial charge is 0.481 e. The second-order valence-corrected chi connectivity index (χ2v) is 10.4. The molecule has 2 fully saturated rings. The van der Waals surface area contributed by atoms with Crippen molar-refractivity contribution in [1.82, 2.24) is 10.6 Å². The minimum atomic E-state index is -1.05. The van der Waals surface area contributed by atoms with Gasteiger partial charge in [-0.05, 0) is 59.8 Å². The van der Waals surface area contributed by atoms with Crippen LogP contribution in [0.5, 0.6) is 0 Å². The maximum absolute atomic E-state index is 13.3. The second-order valence-electron chi connectivity index (χ2n) is 10.4. The van der Waals surface area contributed by atoms with Gasteiger partial charge in [-0.15, -0.1) is 0 Å². The first-order chi connectivity index (χ1) is 16.8. The van der Waals surface area contributed by atoms with Crippen LogP contribution in [0.3, 0.4) is 0 Å². The summed E-state index contributed by atoms with van der Waals surface area (Å²) >= 11 is 0. The van der Waals surface area contributed by atoms with Crippen molar-refractivity contribution in [2.24, 2.45) is 5.41 Å². The van der Waals surface area contributed by atoms with Crippen LogP contribution in [0, 0.1) is 5.41 Å². The van der Waals surface area contributed by atoms with Crippen LogP contribution in [0.25, 0.3) is 11.1 Å². The van der Waals surface area contributed by atoms with Crippen LogP contribution in [0.2, 0.25) is 0 Å². The van der Waals surface area contributed by atoms with Crippen molar-refractivity contribution < 1.29 is 24.2 Å². The smallest absolute Gasteiger partial charge is 0.408 e. The standard InChI is InChI=1S/C28H32N2O5/c1-2-18(14-24(31)32)29-25(33)28(16-27(17-28)12-7-13-27)30-26(34)35-15-23-21-10-5-3-8-19(21)20-9-4-6-11-22(20)23/h3-6,8-11,18,23H,2,7,12-17H2,1H3,(H,29,33)(H,30,34)(H,31,32)/t18-/m1/s1. The molecule has 2 aromatic carbocycles. The van der Waals surface area contributed by atoms with Crippen LogP contribution < -0.4 is 10.6 Å². The Bertz CT molecular complexity index is 1100. The number of ether oxygens (including phenoxy) is 1. The zero-order valence-electron chi connectivity index (χ0n) is 20.0. The van der Waals surface area contributed by atoms with Gasteiger partial charge in [-0.3, -0.25) is 9.59 Å². The van der Waals surface area contributed by atoms with Gasteiger partial charge in [0, 0.05) is 12.0 Å². The summed E-state index contributed by atoms with van der Waals surface area (Å²) in [6.07, 6.45) is 4.14. The van der Waals surface area contributed by atoms with Crippen molar-refractivity contribution in [2.45, 2.75) is 69.4 Å². The highest BCUT2D eigenvalue weighted by Crippen LogP contribution is 2.60. The lowest BCUT2D eigenvalue weighted by Gasteiger charge is -2.59. The number of carboxylic acids is 1. The maximum Gasteiger partial charge on any atom is 0.408 e. The first-order valence-electron chi connectivity index (χ1n) is 12.5. The summed E-state index contributed by atoms with van der Waals surface area (Å²) in [6.45, 7) is 2.02. The summed E-state index contributed by atoms with van der Waals surface area (Å²) in [5, 5.41) is 14.9. The van der Waals surface area contributed by atoms with Gasteiger partial charge in [-0.25, -0.2) is 4.79 Å². The highest BCUT2D eigenvalue weighted by Gasteiger charge is 2.61. The van der Waals surface area contributed by atoms with E-state index in [0.29, 0.717) is 19.3 Å². The van der Waals surface area contributed by atoms with Crippen LogP contribution in [-0.4, -0.2) is 41.3 Å². The lowest BCUT2D eigenvalue weighted by atomic mass is 9.48. The monoisotopic (exact) mass is 476 g/mol. The van der Waals surface area contributed by atoms with E-state index in [4.69, 9.17) is 9.84 Å². The van der Waals surface area contributed by atoms with Crippen molar-refractivity contribution >= 4 is 18.0 Å². The molecule has 0 aromatic heterocycles. The summed E-state index contributed by atoms with van der Waals surface area (Å²) in [7, 11) is 0. The van der Waals surface area contributed by atoms with Gasteiger partial charge in [-0.1, -0.05) is 61.9 Å². The van der Waals surface area contributed by atoms with Gasteiger partial charge in [-0.2, -0.15) is 0 Å². The topological polar surface area (TPSA) is 105 Å². The molecule has 0 heterocycles. The summed E-state index contributed by atoms with van der Waals surface area (Å²) in [4.78, 5) is 37.4. The van der Waals surface area contributed by atoms with Crippen molar-refractivity contribution in [3.8, 4) is 11.1 Å². The number of amides is 2. The van der Waals surface area contributed by atoms with Crippen molar-refractivity contribution in [1.29, 1.82) is 0 Å². The van der Waals surface area contributed by atoms with Crippen LogP contribution in [-0.2, 0) is 14.3 Å². The summed E-state index contributed by atoms with van der Waals surface area (Å²) in [5.74, 6) is -1.33. The highest BCUT2D eigenvalue weighted by atomic mass is 16.5. The Morgan fingerprint density at radius 3 is 2.14 bits per heavy atom. The molecule has 3 N–H and O–H groups in total. The summed E-state index contributed by atoms with van der Waals surface area (Å²) in [5.41, 5.74) is 3.64. The number of nitrogens with one attached hydrogen (secondary N) is 2. The number of rotatable bonds is 8. The van der Waals surface area contributed by atoms with E-state index in [9.17, 15) is 14.4 Å². The van der Waals surface area contributed by atoms with E-state index in [1.807, 2.05) is 31.2 Å². The van der Waals surface area contributed by atoms with Gasteiger partial charge in [0.1, 0.15) is 12.1 Å². The second kappa shape index (κ2) is 9.02. The molecular weight excluding hydrogens is 444 g/mol. The van der Waals surface area contributed by atoms with Gasteiger partial charge in [0.25, 0.3) is 0 Å². The Hall–Kier alpha value is -3.35. The fourth-order valence-corrected chi connectivity index (χ4v) is 6.23. The molecule has 2 aromatic rings. The fourth-order valence-electron chi connectivity index (χ4n) is 6.23. The molecule has 0 saturated heterocycles. The maximum atomic E-state index is 13.3. The van der Waals surface area contributed by atoms with Crippen molar-refractivity contribution in [2.75, 3.05) is 6.61 Å². The normalized spacial score (nSPS) is 19.5. The average molecular weight is 477 g/mol. The average Bonchev–Trinajstić information content (AvgIpc) is 3.11. The van der Waals surface area contributed by atoms with Crippen LogP contribution in [0.4, 0.5) is 4.79 Å². The predicted octanol–water partition coefficient (Wildman–Crippen LogP) is 4.60. The molecule has 5 rings (SSSR count). The van der Waals surface area contributed by atoms with Crippen LogP contribution in [0.15, 0.2) is 48.5 Å². The van der Waals surface area contributed by atoms with E-state index < -0.39 is 23.6 Å². The molecule has 2 saturated carbocycles. The molecular formula is C28H32N2O5.